The standard InChI is InChI=1S/C11H10F5NO3/c1-2-20-9(19)10(12,13)7-4-3-6(5-17-7)8(18)11(14,15)16/h3-5,8,18H,2H2,1H3. The molecule has 20 heavy (non-hydrogen) atoms. The molecule has 0 aliphatic carbocycles. The highest BCUT2D eigenvalue weighted by molar-refractivity contribution is 5.78. The van der Waals surface area contributed by atoms with Crippen molar-refractivity contribution in [3.63, 3.8) is 0 Å². The van der Waals surface area contributed by atoms with E-state index in [1.54, 1.807) is 0 Å². The first-order valence-electron chi connectivity index (χ1n) is 5.37. The van der Waals surface area contributed by atoms with E-state index >= 15 is 0 Å². The molecule has 1 unspecified atom stereocenters. The van der Waals surface area contributed by atoms with Crippen molar-refractivity contribution in [2.45, 2.75) is 25.1 Å². The molecule has 1 aromatic heterocycles. The number of rotatable bonds is 4. The first-order chi connectivity index (χ1) is 9.10. The van der Waals surface area contributed by atoms with Crippen LogP contribution in [0.15, 0.2) is 18.3 Å². The Hall–Kier alpha value is -1.77. The third-order valence-electron chi connectivity index (χ3n) is 2.27. The van der Waals surface area contributed by atoms with Crippen LogP contribution in [0, 0.1) is 0 Å². The van der Waals surface area contributed by atoms with Crippen LogP contribution in [-0.4, -0.2) is 28.8 Å². The predicted octanol–water partition coefficient (Wildman–Crippen LogP) is 2.33. The molecule has 0 spiro atoms. The number of pyridine rings is 1. The molecular weight excluding hydrogens is 289 g/mol. The van der Waals surface area contributed by atoms with Crippen molar-refractivity contribution in [1.82, 2.24) is 4.98 Å². The number of alkyl halides is 5. The van der Waals surface area contributed by atoms with E-state index in [4.69, 9.17) is 5.11 Å². The summed E-state index contributed by atoms with van der Waals surface area (Å²) in [6.45, 7) is 1.05. The van der Waals surface area contributed by atoms with Crippen LogP contribution in [0.25, 0.3) is 0 Å². The highest BCUT2D eigenvalue weighted by Gasteiger charge is 2.45. The van der Waals surface area contributed by atoms with Crippen molar-refractivity contribution in [3.8, 4) is 0 Å². The van der Waals surface area contributed by atoms with Crippen LogP contribution in [-0.2, 0) is 15.5 Å². The summed E-state index contributed by atoms with van der Waals surface area (Å²) < 4.78 is 67.7. The minimum absolute atomic E-state index is 0.278. The number of carbonyl (C=O) groups is 1. The fourth-order valence-electron chi connectivity index (χ4n) is 1.27. The summed E-state index contributed by atoms with van der Waals surface area (Å²) >= 11 is 0. The molecule has 9 heteroatoms. The Balaban J connectivity index is 2.99. The Morgan fingerprint density at radius 1 is 1.35 bits per heavy atom. The van der Waals surface area contributed by atoms with E-state index in [1.165, 1.54) is 6.92 Å². The molecule has 1 atom stereocenters. The second-order valence-corrected chi connectivity index (χ2v) is 3.72. The van der Waals surface area contributed by atoms with Gasteiger partial charge in [0.05, 0.1) is 6.61 Å². The number of aliphatic hydroxyl groups is 1. The SMILES string of the molecule is CCOC(=O)C(F)(F)c1ccc(C(O)C(F)(F)F)cn1. The zero-order valence-electron chi connectivity index (χ0n) is 10.1. The third-order valence-corrected chi connectivity index (χ3v) is 2.27. The number of esters is 1. The van der Waals surface area contributed by atoms with Gasteiger partial charge in [-0.1, -0.05) is 6.07 Å². The largest absolute Gasteiger partial charge is 0.461 e. The third kappa shape index (κ3) is 3.41. The van der Waals surface area contributed by atoms with E-state index < -0.39 is 35.4 Å². The Labute approximate surface area is 110 Å². The number of halogens is 5. The average Bonchev–Trinajstić information content (AvgIpc) is 2.37. The topological polar surface area (TPSA) is 59.4 Å². The molecule has 1 aromatic rings. The molecule has 0 fully saturated rings. The maximum absolute atomic E-state index is 13.5. The van der Waals surface area contributed by atoms with Gasteiger partial charge in [0, 0.05) is 11.8 Å². The molecule has 0 amide bonds. The predicted molar refractivity (Wildman–Crippen MR) is 55.8 cm³/mol. The zero-order valence-corrected chi connectivity index (χ0v) is 10.1. The van der Waals surface area contributed by atoms with Crippen LogP contribution in [0.3, 0.4) is 0 Å². The van der Waals surface area contributed by atoms with Gasteiger partial charge in [0.25, 0.3) is 0 Å². The number of nitrogens with zero attached hydrogens (tertiary/aromatic N) is 1. The first kappa shape index (κ1) is 16.3. The number of hydrogen-bond donors (Lipinski definition) is 1. The highest BCUT2D eigenvalue weighted by atomic mass is 19.4. The number of aliphatic hydroxyl groups excluding tert-OH is 1. The van der Waals surface area contributed by atoms with Crippen molar-refractivity contribution >= 4 is 5.97 Å². The minimum atomic E-state index is -4.94. The summed E-state index contributed by atoms with van der Waals surface area (Å²) in [6.07, 6.45) is -7.34. The summed E-state index contributed by atoms with van der Waals surface area (Å²) in [5.74, 6) is -5.92. The summed E-state index contributed by atoms with van der Waals surface area (Å²) in [7, 11) is 0. The monoisotopic (exact) mass is 299 g/mol. The van der Waals surface area contributed by atoms with Crippen LogP contribution in [0.2, 0.25) is 0 Å². The van der Waals surface area contributed by atoms with Crippen LogP contribution >= 0.6 is 0 Å². The lowest BCUT2D eigenvalue weighted by Gasteiger charge is -2.17. The van der Waals surface area contributed by atoms with Crippen LogP contribution in [0.5, 0.6) is 0 Å². The molecular formula is C11H10F5NO3. The first-order valence-corrected chi connectivity index (χ1v) is 5.37. The van der Waals surface area contributed by atoms with E-state index in [2.05, 4.69) is 9.72 Å². The van der Waals surface area contributed by atoms with Gasteiger partial charge in [-0.15, -0.1) is 0 Å². The molecule has 0 saturated carbocycles. The molecule has 0 aromatic carbocycles. The summed E-state index contributed by atoms with van der Waals surface area (Å²) in [5, 5.41) is 8.90. The number of aromatic nitrogens is 1. The van der Waals surface area contributed by atoms with Gasteiger partial charge >= 0.3 is 18.1 Å². The molecule has 0 aliphatic rings. The Morgan fingerprint density at radius 3 is 2.35 bits per heavy atom. The average molecular weight is 299 g/mol. The zero-order chi connectivity index (χ0) is 15.6. The number of carbonyl (C=O) groups excluding carboxylic acids is 1. The van der Waals surface area contributed by atoms with Crippen molar-refractivity contribution in [2.24, 2.45) is 0 Å². The van der Waals surface area contributed by atoms with Gasteiger partial charge in [-0.3, -0.25) is 4.98 Å². The van der Waals surface area contributed by atoms with Gasteiger partial charge in [-0.25, -0.2) is 4.79 Å². The second kappa shape index (κ2) is 5.70. The molecule has 0 saturated heterocycles. The second-order valence-electron chi connectivity index (χ2n) is 3.72. The van der Waals surface area contributed by atoms with Gasteiger partial charge in [-0.2, -0.15) is 22.0 Å². The van der Waals surface area contributed by atoms with Gasteiger partial charge in [0.15, 0.2) is 6.10 Å². The Morgan fingerprint density at radius 2 is 1.95 bits per heavy atom. The molecule has 1 N–H and O–H groups in total. The van der Waals surface area contributed by atoms with Crippen molar-refractivity contribution in [2.75, 3.05) is 6.61 Å². The van der Waals surface area contributed by atoms with E-state index in [0.717, 1.165) is 0 Å². The lowest BCUT2D eigenvalue weighted by molar-refractivity contribution is -0.206. The normalized spacial score (nSPS) is 13.9. The Kier molecular flexibility index (Phi) is 4.64. The quantitative estimate of drug-likeness (QED) is 0.685. The van der Waals surface area contributed by atoms with Crippen LogP contribution in [0.1, 0.15) is 24.3 Å². The molecule has 112 valence electrons. The van der Waals surface area contributed by atoms with Gasteiger partial charge in [0.1, 0.15) is 5.69 Å². The van der Waals surface area contributed by atoms with E-state index in [1.807, 2.05) is 0 Å². The lowest BCUT2D eigenvalue weighted by atomic mass is 10.1. The van der Waals surface area contributed by atoms with Crippen molar-refractivity contribution in [1.29, 1.82) is 0 Å². The van der Waals surface area contributed by atoms with Gasteiger partial charge in [-0.05, 0) is 13.0 Å². The van der Waals surface area contributed by atoms with E-state index in [-0.39, 0.29) is 6.61 Å². The fraction of sp³-hybridized carbons (Fsp3) is 0.455. The molecule has 4 nitrogen and oxygen atoms in total. The van der Waals surface area contributed by atoms with Gasteiger partial charge in [0.2, 0.25) is 0 Å². The minimum Gasteiger partial charge on any atom is -0.461 e. The highest BCUT2D eigenvalue weighted by Crippen LogP contribution is 2.33. The summed E-state index contributed by atoms with van der Waals surface area (Å²) in [6, 6.07) is 1.15. The molecule has 1 rings (SSSR count). The fourth-order valence-corrected chi connectivity index (χ4v) is 1.27. The lowest BCUT2D eigenvalue weighted by Crippen LogP contribution is -2.29. The maximum Gasteiger partial charge on any atom is 0.418 e. The number of ether oxygens (including phenoxy) is 1. The van der Waals surface area contributed by atoms with E-state index in [0.29, 0.717) is 18.3 Å². The molecule has 0 bridgehead atoms. The smallest absolute Gasteiger partial charge is 0.418 e. The molecule has 0 aliphatic heterocycles. The van der Waals surface area contributed by atoms with Crippen LogP contribution < -0.4 is 0 Å². The Bertz CT molecular complexity index is 472. The molecule has 1 heterocycles. The van der Waals surface area contributed by atoms with Crippen LogP contribution in [0.4, 0.5) is 22.0 Å². The maximum atomic E-state index is 13.5. The van der Waals surface area contributed by atoms with Crippen molar-refractivity contribution < 1.29 is 36.6 Å². The van der Waals surface area contributed by atoms with E-state index in [9.17, 15) is 26.7 Å². The van der Waals surface area contributed by atoms with Gasteiger partial charge < -0.3 is 9.84 Å². The summed E-state index contributed by atoms with van der Waals surface area (Å²) in [4.78, 5) is 14.1. The van der Waals surface area contributed by atoms with Crippen molar-refractivity contribution in [3.05, 3.63) is 29.6 Å². The summed E-state index contributed by atoms with van der Waals surface area (Å²) in [5.41, 5.74) is -1.77. The number of hydrogen-bond acceptors (Lipinski definition) is 4. The molecule has 0 radical (unpaired) electrons.